The first-order chi connectivity index (χ1) is 11.4. The van der Waals surface area contributed by atoms with E-state index in [1.807, 2.05) is 6.08 Å². The van der Waals surface area contributed by atoms with E-state index in [-0.39, 0.29) is 16.2 Å². The Bertz CT molecular complexity index is 713. The van der Waals surface area contributed by atoms with Crippen LogP contribution in [0.4, 0.5) is 0 Å². The summed E-state index contributed by atoms with van der Waals surface area (Å²) in [5, 5.41) is 0. The van der Waals surface area contributed by atoms with Crippen molar-refractivity contribution >= 4 is 11.6 Å². The number of carbonyl (C=O) groups is 2. The topological polar surface area (TPSA) is 34.1 Å². The first kappa shape index (κ1) is 15.1. The van der Waals surface area contributed by atoms with Crippen LogP contribution in [0, 0.1) is 28.1 Å². The molecule has 128 valence electrons. The van der Waals surface area contributed by atoms with E-state index in [2.05, 4.69) is 19.9 Å². The summed E-state index contributed by atoms with van der Waals surface area (Å²) in [6.07, 6.45) is 13.8. The number of hydrogen-bond donors (Lipinski definition) is 0. The second kappa shape index (κ2) is 4.51. The number of carbonyl (C=O) groups excluding carboxylic acids is 2. The summed E-state index contributed by atoms with van der Waals surface area (Å²) in [6.45, 7) is 4.80. The van der Waals surface area contributed by atoms with Crippen molar-refractivity contribution in [1.29, 1.82) is 0 Å². The third-order valence-corrected chi connectivity index (χ3v) is 9.01. The van der Waals surface area contributed by atoms with E-state index in [4.69, 9.17) is 0 Å². The highest BCUT2D eigenvalue weighted by Gasteiger charge is 2.67. The van der Waals surface area contributed by atoms with Crippen LogP contribution in [0.5, 0.6) is 0 Å². The molecule has 24 heavy (non-hydrogen) atoms. The molecular formula is C22H28O2. The fourth-order valence-electron chi connectivity index (χ4n) is 7.38. The fraction of sp³-hybridized carbons (Fsp3) is 0.727. The minimum absolute atomic E-state index is 0.0131. The predicted molar refractivity (Wildman–Crippen MR) is 93.4 cm³/mol. The lowest BCUT2D eigenvalue weighted by Gasteiger charge is -2.57. The maximum absolute atomic E-state index is 12.5. The second-order valence-electron chi connectivity index (χ2n) is 9.54. The third kappa shape index (κ3) is 1.54. The molecule has 0 aromatic rings. The van der Waals surface area contributed by atoms with Gasteiger partial charge in [-0.1, -0.05) is 31.1 Å². The van der Waals surface area contributed by atoms with E-state index in [0.717, 1.165) is 38.5 Å². The molecule has 5 aliphatic carbocycles. The maximum Gasteiger partial charge on any atom is 0.155 e. The lowest BCUT2D eigenvalue weighted by molar-refractivity contribution is -0.150. The van der Waals surface area contributed by atoms with E-state index < -0.39 is 0 Å². The van der Waals surface area contributed by atoms with Crippen LogP contribution in [0.25, 0.3) is 0 Å². The van der Waals surface area contributed by atoms with Gasteiger partial charge in [-0.2, -0.15) is 0 Å². The number of ketones is 2. The Balaban J connectivity index is 1.58. The van der Waals surface area contributed by atoms with Crippen LogP contribution in [-0.4, -0.2) is 11.6 Å². The summed E-state index contributed by atoms with van der Waals surface area (Å²) in [6, 6.07) is 0. The summed E-state index contributed by atoms with van der Waals surface area (Å²) in [5.41, 5.74) is 3.34. The van der Waals surface area contributed by atoms with Crippen molar-refractivity contribution < 1.29 is 9.59 Å². The molecule has 0 aromatic carbocycles. The first-order valence-electron chi connectivity index (χ1n) is 9.88. The molecule has 0 amide bonds. The van der Waals surface area contributed by atoms with Gasteiger partial charge in [-0.25, -0.2) is 0 Å². The Morgan fingerprint density at radius 2 is 1.83 bits per heavy atom. The van der Waals surface area contributed by atoms with Crippen LogP contribution in [0.1, 0.15) is 71.6 Å². The number of Topliss-reactive ketones (excluding diaryl/α,β-unsaturated/α-hetero) is 1. The summed E-state index contributed by atoms with van der Waals surface area (Å²) in [4.78, 5) is 24.4. The molecule has 5 aliphatic rings. The van der Waals surface area contributed by atoms with Crippen LogP contribution in [0.3, 0.4) is 0 Å². The van der Waals surface area contributed by atoms with Crippen molar-refractivity contribution in [2.24, 2.45) is 28.1 Å². The van der Waals surface area contributed by atoms with Crippen molar-refractivity contribution in [2.45, 2.75) is 71.6 Å². The molecule has 0 aliphatic heterocycles. The fourth-order valence-corrected chi connectivity index (χ4v) is 7.38. The normalized spacial score (nSPS) is 49.8. The Labute approximate surface area is 144 Å². The van der Waals surface area contributed by atoms with Crippen molar-refractivity contribution in [3.63, 3.8) is 0 Å². The van der Waals surface area contributed by atoms with Crippen LogP contribution < -0.4 is 0 Å². The summed E-state index contributed by atoms with van der Waals surface area (Å²) < 4.78 is 0. The number of rotatable bonds is 0. The number of hydrogen-bond acceptors (Lipinski definition) is 2. The van der Waals surface area contributed by atoms with Crippen molar-refractivity contribution in [1.82, 2.24) is 0 Å². The van der Waals surface area contributed by atoms with Gasteiger partial charge in [0.15, 0.2) is 5.78 Å². The lowest BCUT2D eigenvalue weighted by Crippen LogP contribution is -2.54. The van der Waals surface area contributed by atoms with Crippen LogP contribution in [-0.2, 0) is 9.59 Å². The monoisotopic (exact) mass is 324 g/mol. The molecular weight excluding hydrogens is 296 g/mol. The van der Waals surface area contributed by atoms with Gasteiger partial charge in [-0.05, 0) is 68.3 Å². The molecule has 3 fully saturated rings. The average molecular weight is 324 g/mol. The van der Waals surface area contributed by atoms with Crippen molar-refractivity contribution in [3.8, 4) is 0 Å². The average Bonchev–Trinajstić information content (AvgIpc) is 2.89. The molecule has 2 heteroatoms. The molecule has 0 aromatic heterocycles. The molecule has 3 saturated carbocycles. The van der Waals surface area contributed by atoms with Gasteiger partial charge in [0.2, 0.25) is 0 Å². The van der Waals surface area contributed by atoms with Gasteiger partial charge in [-0.15, -0.1) is 0 Å². The van der Waals surface area contributed by atoms with Gasteiger partial charge in [0.05, 0.1) is 0 Å². The summed E-state index contributed by atoms with van der Waals surface area (Å²) in [7, 11) is 0. The zero-order chi connectivity index (χ0) is 16.7. The largest absolute Gasteiger partial charge is 0.299 e. The quantitative estimate of drug-likeness (QED) is 0.600. The second-order valence-corrected chi connectivity index (χ2v) is 9.54. The molecule has 0 N–H and O–H groups in total. The van der Waals surface area contributed by atoms with E-state index in [1.54, 1.807) is 5.57 Å². The molecule has 1 spiro atoms. The molecule has 0 bridgehead atoms. The van der Waals surface area contributed by atoms with E-state index >= 15 is 0 Å². The van der Waals surface area contributed by atoms with Crippen molar-refractivity contribution in [3.05, 3.63) is 23.3 Å². The Morgan fingerprint density at radius 3 is 2.54 bits per heavy atom. The summed E-state index contributed by atoms with van der Waals surface area (Å²) >= 11 is 0. The molecule has 2 nitrogen and oxygen atoms in total. The van der Waals surface area contributed by atoms with E-state index in [9.17, 15) is 9.59 Å². The minimum Gasteiger partial charge on any atom is -0.299 e. The van der Waals surface area contributed by atoms with Crippen LogP contribution in [0.15, 0.2) is 23.3 Å². The minimum atomic E-state index is 0.0131. The Morgan fingerprint density at radius 1 is 1.00 bits per heavy atom. The molecule has 2 unspecified atom stereocenters. The zero-order valence-corrected chi connectivity index (χ0v) is 15.0. The lowest BCUT2D eigenvalue weighted by atomic mass is 9.45. The SMILES string of the molecule is C[C@]12CCC(=O)C=C1CCC1C2=CC[C@@]2(C)C1CC[C@@]21CCC1=O. The van der Waals surface area contributed by atoms with Crippen molar-refractivity contribution in [2.75, 3.05) is 0 Å². The van der Waals surface area contributed by atoms with Gasteiger partial charge in [-0.3, -0.25) is 9.59 Å². The molecule has 0 saturated heterocycles. The van der Waals surface area contributed by atoms with Gasteiger partial charge in [0.25, 0.3) is 0 Å². The third-order valence-electron chi connectivity index (χ3n) is 9.01. The first-order valence-corrected chi connectivity index (χ1v) is 9.88. The Kier molecular flexibility index (Phi) is 2.84. The molecule has 5 atom stereocenters. The highest BCUT2D eigenvalue weighted by molar-refractivity contribution is 5.92. The summed E-state index contributed by atoms with van der Waals surface area (Å²) in [5.74, 6) is 2.20. The smallest absolute Gasteiger partial charge is 0.155 e. The standard InChI is InChI=1S/C22H28O2/c1-20-9-5-15(23)13-14(20)3-4-16-17(20)6-10-21(2)18(16)7-11-22(21)12-8-19(22)24/h6,13,16,18H,3-5,7-12H2,1-2H3/t16?,18?,20-,21-,22-/m0/s1. The van der Waals surface area contributed by atoms with Crippen LogP contribution in [0.2, 0.25) is 0 Å². The highest BCUT2D eigenvalue weighted by atomic mass is 16.1. The van der Waals surface area contributed by atoms with Crippen LogP contribution >= 0.6 is 0 Å². The van der Waals surface area contributed by atoms with Gasteiger partial charge >= 0.3 is 0 Å². The molecule has 5 rings (SSSR count). The van der Waals surface area contributed by atoms with Gasteiger partial charge in [0, 0.05) is 23.7 Å². The Hall–Kier alpha value is -1.18. The number of fused-ring (bicyclic) bond motifs is 6. The molecule has 0 radical (unpaired) electrons. The zero-order valence-electron chi connectivity index (χ0n) is 15.0. The van der Waals surface area contributed by atoms with E-state index in [0.29, 0.717) is 29.8 Å². The van der Waals surface area contributed by atoms with E-state index in [1.165, 1.54) is 18.4 Å². The number of allylic oxidation sites excluding steroid dienone is 4. The maximum atomic E-state index is 12.5. The highest BCUT2D eigenvalue weighted by Crippen LogP contribution is 2.71. The van der Waals surface area contributed by atoms with Gasteiger partial charge < -0.3 is 0 Å². The predicted octanol–water partition coefficient (Wildman–Crippen LogP) is 4.79. The van der Waals surface area contributed by atoms with Gasteiger partial charge in [0.1, 0.15) is 5.78 Å². The molecule has 0 heterocycles.